The normalized spacial score (nSPS) is 11.7. The fraction of sp³-hybridized carbons (Fsp3) is 0.333. The fourth-order valence-corrected chi connectivity index (χ4v) is 3.17. The van der Waals surface area contributed by atoms with Crippen molar-refractivity contribution in [1.29, 1.82) is 0 Å². The first kappa shape index (κ1) is 23.1. The van der Waals surface area contributed by atoms with E-state index >= 15 is 0 Å². The van der Waals surface area contributed by atoms with E-state index < -0.39 is 5.82 Å². The van der Waals surface area contributed by atoms with Gasteiger partial charge in [0.15, 0.2) is 5.82 Å². The molecule has 2 amide bonds. The van der Waals surface area contributed by atoms with E-state index in [2.05, 4.69) is 27.7 Å². The van der Waals surface area contributed by atoms with E-state index in [4.69, 9.17) is 4.52 Å². The summed E-state index contributed by atoms with van der Waals surface area (Å²) in [5, 5.41) is 9.65. The molecule has 0 aliphatic rings. The predicted molar refractivity (Wildman–Crippen MR) is 119 cm³/mol. The molecule has 32 heavy (non-hydrogen) atoms. The quantitative estimate of drug-likeness (QED) is 0.482. The van der Waals surface area contributed by atoms with Crippen LogP contribution in [0.15, 0.2) is 53.1 Å². The van der Waals surface area contributed by atoms with Crippen LogP contribution in [0.4, 0.5) is 10.1 Å². The summed E-state index contributed by atoms with van der Waals surface area (Å²) >= 11 is 0. The highest BCUT2D eigenvalue weighted by Gasteiger charge is 2.12. The van der Waals surface area contributed by atoms with Gasteiger partial charge in [0.1, 0.15) is 5.82 Å². The van der Waals surface area contributed by atoms with E-state index in [1.807, 2.05) is 19.1 Å². The Hall–Kier alpha value is -3.55. The standard InChI is InChI=1S/C24H27FN4O3/c1-3-5-21-28-23(32-29-21)7-4-6-22(30)26-16(2)17-10-14-20(15-11-17)27-24(31)18-8-12-19(25)13-9-18/h8-16H,3-7H2,1-2H3,(H,26,30)(H,27,31). The first-order valence-corrected chi connectivity index (χ1v) is 10.7. The molecular weight excluding hydrogens is 411 g/mol. The minimum atomic E-state index is -0.391. The van der Waals surface area contributed by atoms with Gasteiger partial charge >= 0.3 is 0 Å². The first-order chi connectivity index (χ1) is 15.4. The van der Waals surface area contributed by atoms with Crippen molar-refractivity contribution in [2.45, 2.75) is 52.0 Å². The lowest BCUT2D eigenvalue weighted by molar-refractivity contribution is -0.121. The summed E-state index contributed by atoms with van der Waals surface area (Å²) in [6.45, 7) is 3.96. The number of hydrogen-bond acceptors (Lipinski definition) is 5. The van der Waals surface area contributed by atoms with Gasteiger partial charge in [-0.15, -0.1) is 0 Å². The zero-order valence-electron chi connectivity index (χ0n) is 18.2. The molecule has 7 nitrogen and oxygen atoms in total. The van der Waals surface area contributed by atoms with Crippen LogP contribution in [0.25, 0.3) is 0 Å². The fourth-order valence-electron chi connectivity index (χ4n) is 3.17. The van der Waals surface area contributed by atoms with Gasteiger partial charge in [-0.1, -0.05) is 24.2 Å². The molecule has 8 heteroatoms. The van der Waals surface area contributed by atoms with Crippen LogP contribution in [0, 0.1) is 5.82 Å². The topological polar surface area (TPSA) is 97.1 Å². The Morgan fingerprint density at radius 1 is 1.06 bits per heavy atom. The molecule has 1 aromatic heterocycles. The van der Waals surface area contributed by atoms with Crippen molar-refractivity contribution in [2.24, 2.45) is 0 Å². The van der Waals surface area contributed by atoms with Crippen molar-refractivity contribution in [3.8, 4) is 0 Å². The van der Waals surface area contributed by atoms with Crippen LogP contribution >= 0.6 is 0 Å². The van der Waals surface area contributed by atoms with Gasteiger partial charge in [0.05, 0.1) is 6.04 Å². The number of amides is 2. The molecule has 0 fully saturated rings. The number of aromatic nitrogens is 2. The number of carbonyl (C=O) groups is 2. The number of nitrogens with one attached hydrogen (secondary N) is 2. The van der Waals surface area contributed by atoms with Crippen molar-refractivity contribution >= 4 is 17.5 Å². The summed E-state index contributed by atoms with van der Waals surface area (Å²) in [5.74, 6) is 0.504. The zero-order chi connectivity index (χ0) is 22.9. The Labute approximate surface area is 186 Å². The third-order valence-corrected chi connectivity index (χ3v) is 4.93. The maximum absolute atomic E-state index is 13.0. The molecule has 3 rings (SSSR count). The smallest absolute Gasteiger partial charge is 0.255 e. The highest BCUT2D eigenvalue weighted by Crippen LogP contribution is 2.17. The molecule has 0 radical (unpaired) electrons. The molecule has 0 saturated carbocycles. The highest BCUT2D eigenvalue weighted by atomic mass is 19.1. The van der Waals surface area contributed by atoms with Crippen molar-refractivity contribution in [2.75, 3.05) is 5.32 Å². The number of carbonyl (C=O) groups excluding carboxylic acids is 2. The predicted octanol–water partition coefficient (Wildman–Crippen LogP) is 4.61. The van der Waals surface area contributed by atoms with Crippen LogP contribution in [-0.4, -0.2) is 22.0 Å². The Balaban J connectivity index is 1.44. The van der Waals surface area contributed by atoms with Gasteiger partial charge < -0.3 is 15.2 Å². The van der Waals surface area contributed by atoms with Crippen LogP contribution in [0.2, 0.25) is 0 Å². The second-order valence-electron chi connectivity index (χ2n) is 7.58. The van der Waals surface area contributed by atoms with E-state index in [0.717, 1.165) is 18.4 Å². The van der Waals surface area contributed by atoms with E-state index in [0.29, 0.717) is 42.2 Å². The Morgan fingerprint density at radius 3 is 2.47 bits per heavy atom. The average molecular weight is 439 g/mol. The molecule has 1 unspecified atom stereocenters. The van der Waals surface area contributed by atoms with Crippen molar-refractivity contribution in [3.05, 3.63) is 77.2 Å². The average Bonchev–Trinajstić information content (AvgIpc) is 3.22. The lowest BCUT2D eigenvalue weighted by Crippen LogP contribution is -2.26. The largest absolute Gasteiger partial charge is 0.350 e. The molecule has 0 aliphatic heterocycles. The van der Waals surface area contributed by atoms with Gasteiger partial charge in [0.25, 0.3) is 5.91 Å². The molecule has 2 aromatic carbocycles. The van der Waals surface area contributed by atoms with Crippen molar-refractivity contribution in [1.82, 2.24) is 15.5 Å². The minimum absolute atomic E-state index is 0.0560. The third-order valence-electron chi connectivity index (χ3n) is 4.93. The minimum Gasteiger partial charge on any atom is -0.350 e. The number of nitrogens with zero attached hydrogens (tertiary/aromatic N) is 2. The van der Waals surface area contributed by atoms with Crippen LogP contribution in [0.5, 0.6) is 0 Å². The monoisotopic (exact) mass is 438 g/mol. The Morgan fingerprint density at radius 2 is 1.78 bits per heavy atom. The van der Waals surface area contributed by atoms with Crippen LogP contribution in [-0.2, 0) is 17.6 Å². The Kier molecular flexibility index (Phi) is 8.08. The molecular formula is C24H27FN4O3. The van der Waals surface area contributed by atoms with Crippen molar-refractivity contribution < 1.29 is 18.5 Å². The van der Waals surface area contributed by atoms with Gasteiger partial charge in [0.2, 0.25) is 11.8 Å². The van der Waals surface area contributed by atoms with E-state index in [1.165, 1.54) is 24.3 Å². The summed E-state index contributed by atoms with van der Waals surface area (Å²) in [4.78, 5) is 28.8. The maximum atomic E-state index is 13.0. The number of hydrogen-bond donors (Lipinski definition) is 2. The number of benzene rings is 2. The SMILES string of the molecule is CCCc1noc(CCCC(=O)NC(C)c2ccc(NC(=O)c3ccc(F)cc3)cc2)n1. The summed E-state index contributed by atoms with van der Waals surface area (Å²) < 4.78 is 18.2. The molecule has 1 heterocycles. The zero-order valence-corrected chi connectivity index (χ0v) is 18.2. The molecule has 0 aliphatic carbocycles. The lowest BCUT2D eigenvalue weighted by Gasteiger charge is -2.15. The molecule has 3 aromatic rings. The van der Waals surface area contributed by atoms with Gasteiger partial charge in [-0.2, -0.15) is 4.98 Å². The molecule has 1 atom stereocenters. The van der Waals surface area contributed by atoms with Gasteiger partial charge in [-0.3, -0.25) is 9.59 Å². The summed E-state index contributed by atoms with van der Waals surface area (Å²) in [7, 11) is 0. The Bertz CT molecular complexity index is 1030. The summed E-state index contributed by atoms with van der Waals surface area (Å²) in [5.41, 5.74) is 1.90. The van der Waals surface area contributed by atoms with Crippen LogP contribution in [0.3, 0.4) is 0 Å². The molecule has 0 bridgehead atoms. The van der Waals surface area contributed by atoms with E-state index in [1.54, 1.807) is 12.1 Å². The van der Waals surface area contributed by atoms with Crippen molar-refractivity contribution in [3.63, 3.8) is 0 Å². The maximum Gasteiger partial charge on any atom is 0.255 e. The lowest BCUT2D eigenvalue weighted by atomic mass is 10.1. The second-order valence-corrected chi connectivity index (χ2v) is 7.58. The molecule has 0 spiro atoms. The number of anilines is 1. The van der Waals surface area contributed by atoms with Gasteiger partial charge in [-0.05, 0) is 61.7 Å². The molecule has 0 saturated heterocycles. The molecule has 168 valence electrons. The first-order valence-electron chi connectivity index (χ1n) is 10.7. The van der Waals surface area contributed by atoms with Crippen LogP contribution in [0.1, 0.15) is 66.8 Å². The number of aryl methyl sites for hydroxylation is 2. The number of rotatable bonds is 10. The van der Waals surface area contributed by atoms with Gasteiger partial charge in [-0.25, -0.2) is 4.39 Å². The third kappa shape index (κ3) is 6.73. The molecule has 2 N–H and O–H groups in total. The van der Waals surface area contributed by atoms with E-state index in [-0.39, 0.29) is 17.9 Å². The number of halogens is 1. The summed E-state index contributed by atoms with van der Waals surface area (Å²) in [6, 6.07) is 12.4. The van der Waals surface area contributed by atoms with E-state index in [9.17, 15) is 14.0 Å². The summed E-state index contributed by atoms with van der Waals surface area (Å²) in [6.07, 6.45) is 3.31. The highest BCUT2D eigenvalue weighted by molar-refractivity contribution is 6.04. The second kappa shape index (κ2) is 11.2. The van der Waals surface area contributed by atoms with Crippen LogP contribution < -0.4 is 10.6 Å². The van der Waals surface area contributed by atoms with Gasteiger partial charge in [0, 0.05) is 30.5 Å².